The third kappa shape index (κ3) is 4.39. The average Bonchev–Trinajstić information content (AvgIpc) is 2.31. The van der Waals surface area contributed by atoms with Crippen molar-refractivity contribution < 1.29 is 4.79 Å². The molecule has 0 saturated carbocycles. The quantitative estimate of drug-likeness (QED) is 0.651. The number of Topliss-reactive ketones (excluding diaryl/α,β-unsaturated/α-hetero) is 1. The summed E-state index contributed by atoms with van der Waals surface area (Å²) >= 11 is 0. The van der Waals surface area contributed by atoms with Gasteiger partial charge < -0.3 is 5.32 Å². The highest BCUT2D eigenvalue weighted by Gasteiger charge is 2.13. The average molecular weight is 184 g/mol. The molecule has 0 bridgehead atoms. The van der Waals surface area contributed by atoms with Crippen LogP contribution in [0, 0.1) is 0 Å². The standard InChI is InChI=1S/C10H20N2O/c1-2-3-4-6-12-7-5-11-8-10(13)9-12/h11H,2-9H2,1H3. The summed E-state index contributed by atoms with van der Waals surface area (Å²) in [4.78, 5) is 13.5. The van der Waals surface area contributed by atoms with E-state index in [1.807, 2.05) is 0 Å². The van der Waals surface area contributed by atoms with E-state index in [2.05, 4.69) is 17.1 Å². The lowest BCUT2D eigenvalue weighted by molar-refractivity contribution is -0.118. The molecule has 0 radical (unpaired) electrons. The van der Waals surface area contributed by atoms with Crippen LogP contribution in [0.15, 0.2) is 0 Å². The van der Waals surface area contributed by atoms with Crippen LogP contribution in [0.2, 0.25) is 0 Å². The summed E-state index contributed by atoms with van der Waals surface area (Å²) in [5.74, 6) is 0.328. The molecule has 1 rings (SSSR count). The highest BCUT2D eigenvalue weighted by atomic mass is 16.1. The molecule has 0 aromatic rings. The molecule has 0 aliphatic carbocycles. The molecule has 1 heterocycles. The zero-order valence-electron chi connectivity index (χ0n) is 8.51. The SMILES string of the molecule is CCCCCN1CCNCC(=O)C1. The summed E-state index contributed by atoms with van der Waals surface area (Å²) in [7, 11) is 0. The zero-order valence-corrected chi connectivity index (χ0v) is 8.51. The molecule has 1 aliphatic heterocycles. The van der Waals surface area contributed by atoms with Crippen molar-refractivity contribution in [3.8, 4) is 0 Å². The Morgan fingerprint density at radius 1 is 1.46 bits per heavy atom. The number of nitrogens with one attached hydrogen (secondary N) is 1. The molecule has 76 valence electrons. The number of rotatable bonds is 4. The van der Waals surface area contributed by atoms with Crippen molar-refractivity contribution in [3.05, 3.63) is 0 Å². The van der Waals surface area contributed by atoms with Crippen LogP contribution >= 0.6 is 0 Å². The Hall–Kier alpha value is -0.410. The van der Waals surface area contributed by atoms with E-state index in [-0.39, 0.29) is 0 Å². The van der Waals surface area contributed by atoms with Gasteiger partial charge in [-0.25, -0.2) is 0 Å². The minimum Gasteiger partial charge on any atom is -0.309 e. The van der Waals surface area contributed by atoms with Crippen molar-refractivity contribution in [2.75, 3.05) is 32.7 Å². The van der Waals surface area contributed by atoms with Crippen LogP contribution in [0.5, 0.6) is 0 Å². The number of nitrogens with zero attached hydrogens (tertiary/aromatic N) is 1. The Labute approximate surface area is 80.5 Å². The maximum atomic E-state index is 11.2. The second-order valence-corrected chi connectivity index (χ2v) is 3.70. The van der Waals surface area contributed by atoms with Crippen molar-refractivity contribution in [2.45, 2.75) is 26.2 Å². The first kappa shape index (κ1) is 10.7. The Morgan fingerprint density at radius 2 is 2.31 bits per heavy atom. The Bertz CT molecular complexity index is 159. The van der Waals surface area contributed by atoms with Gasteiger partial charge >= 0.3 is 0 Å². The van der Waals surface area contributed by atoms with E-state index in [0.717, 1.165) is 19.6 Å². The maximum Gasteiger partial charge on any atom is 0.160 e. The minimum atomic E-state index is 0.328. The van der Waals surface area contributed by atoms with Crippen molar-refractivity contribution in [2.24, 2.45) is 0 Å². The summed E-state index contributed by atoms with van der Waals surface area (Å²) in [6.45, 7) is 6.48. The van der Waals surface area contributed by atoms with Crippen LogP contribution in [0.1, 0.15) is 26.2 Å². The highest BCUT2D eigenvalue weighted by molar-refractivity contribution is 5.82. The minimum absolute atomic E-state index is 0.328. The fourth-order valence-electron chi connectivity index (χ4n) is 1.63. The monoisotopic (exact) mass is 184 g/mol. The smallest absolute Gasteiger partial charge is 0.160 e. The van der Waals surface area contributed by atoms with Crippen molar-refractivity contribution in [1.29, 1.82) is 0 Å². The first-order valence-electron chi connectivity index (χ1n) is 5.27. The van der Waals surface area contributed by atoms with E-state index in [1.165, 1.54) is 19.3 Å². The van der Waals surface area contributed by atoms with E-state index < -0.39 is 0 Å². The predicted molar refractivity (Wildman–Crippen MR) is 53.8 cm³/mol. The Morgan fingerprint density at radius 3 is 3.08 bits per heavy atom. The molecule has 0 unspecified atom stereocenters. The maximum absolute atomic E-state index is 11.2. The fraction of sp³-hybridized carbons (Fsp3) is 0.900. The van der Waals surface area contributed by atoms with Crippen LogP contribution in [-0.4, -0.2) is 43.4 Å². The number of hydrogen-bond acceptors (Lipinski definition) is 3. The van der Waals surface area contributed by atoms with Crippen molar-refractivity contribution in [3.63, 3.8) is 0 Å². The number of ketones is 1. The molecule has 0 amide bonds. The van der Waals surface area contributed by atoms with Gasteiger partial charge in [0.15, 0.2) is 5.78 Å². The van der Waals surface area contributed by atoms with Gasteiger partial charge in [0.25, 0.3) is 0 Å². The number of carbonyl (C=O) groups excluding carboxylic acids is 1. The fourth-order valence-corrected chi connectivity index (χ4v) is 1.63. The molecule has 3 heteroatoms. The first-order valence-corrected chi connectivity index (χ1v) is 5.27. The lowest BCUT2D eigenvalue weighted by atomic mass is 10.2. The summed E-state index contributed by atoms with van der Waals surface area (Å²) in [5.41, 5.74) is 0. The van der Waals surface area contributed by atoms with Gasteiger partial charge in [-0.2, -0.15) is 0 Å². The van der Waals surface area contributed by atoms with E-state index in [9.17, 15) is 4.79 Å². The summed E-state index contributed by atoms with van der Waals surface area (Å²) in [5, 5.41) is 3.13. The van der Waals surface area contributed by atoms with Gasteiger partial charge in [-0.1, -0.05) is 19.8 Å². The summed E-state index contributed by atoms with van der Waals surface area (Å²) in [6, 6.07) is 0. The largest absolute Gasteiger partial charge is 0.309 e. The van der Waals surface area contributed by atoms with E-state index in [4.69, 9.17) is 0 Å². The topological polar surface area (TPSA) is 32.3 Å². The van der Waals surface area contributed by atoms with Crippen LogP contribution in [0.25, 0.3) is 0 Å². The molecule has 3 nitrogen and oxygen atoms in total. The zero-order chi connectivity index (χ0) is 9.52. The number of carbonyl (C=O) groups is 1. The lowest BCUT2D eigenvalue weighted by Gasteiger charge is -2.17. The third-order valence-corrected chi connectivity index (χ3v) is 2.40. The van der Waals surface area contributed by atoms with Gasteiger partial charge in [-0.05, 0) is 13.0 Å². The van der Waals surface area contributed by atoms with Gasteiger partial charge in [0.2, 0.25) is 0 Å². The molecule has 0 atom stereocenters. The third-order valence-electron chi connectivity index (χ3n) is 2.40. The molecule has 1 aliphatic rings. The Balaban J connectivity index is 2.19. The van der Waals surface area contributed by atoms with Crippen LogP contribution in [0.3, 0.4) is 0 Å². The van der Waals surface area contributed by atoms with Crippen LogP contribution < -0.4 is 5.32 Å². The second-order valence-electron chi connectivity index (χ2n) is 3.70. The van der Waals surface area contributed by atoms with Crippen molar-refractivity contribution >= 4 is 5.78 Å². The van der Waals surface area contributed by atoms with Gasteiger partial charge in [0.05, 0.1) is 13.1 Å². The second kappa shape index (κ2) is 6.11. The van der Waals surface area contributed by atoms with Gasteiger partial charge in [0.1, 0.15) is 0 Å². The highest BCUT2D eigenvalue weighted by Crippen LogP contribution is 1.99. The number of hydrogen-bond donors (Lipinski definition) is 1. The predicted octanol–water partition coefficient (Wildman–Crippen LogP) is 0.651. The molecule has 0 aromatic heterocycles. The molecular weight excluding hydrogens is 164 g/mol. The molecule has 13 heavy (non-hydrogen) atoms. The summed E-state index contributed by atoms with van der Waals surface area (Å²) < 4.78 is 0. The number of unbranched alkanes of at least 4 members (excludes halogenated alkanes) is 2. The molecule has 0 spiro atoms. The molecule has 0 aromatic carbocycles. The van der Waals surface area contributed by atoms with Crippen LogP contribution in [-0.2, 0) is 4.79 Å². The van der Waals surface area contributed by atoms with Gasteiger partial charge in [-0.15, -0.1) is 0 Å². The summed E-state index contributed by atoms with van der Waals surface area (Å²) in [6.07, 6.45) is 3.75. The van der Waals surface area contributed by atoms with E-state index in [1.54, 1.807) is 0 Å². The normalized spacial score (nSPS) is 20.2. The van der Waals surface area contributed by atoms with Crippen LogP contribution in [0.4, 0.5) is 0 Å². The molecule has 1 saturated heterocycles. The van der Waals surface area contributed by atoms with Crippen molar-refractivity contribution in [1.82, 2.24) is 10.2 Å². The van der Waals surface area contributed by atoms with Gasteiger partial charge in [-0.3, -0.25) is 9.69 Å². The molecule has 1 N–H and O–H groups in total. The lowest BCUT2D eigenvalue weighted by Crippen LogP contribution is -2.31. The first-order chi connectivity index (χ1) is 6.33. The van der Waals surface area contributed by atoms with Gasteiger partial charge in [0, 0.05) is 13.1 Å². The Kier molecular flexibility index (Phi) is 5.01. The van der Waals surface area contributed by atoms with E-state index in [0.29, 0.717) is 18.9 Å². The van der Waals surface area contributed by atoms with E-state index >= 15 is 0 Å². The molecular formula is C10H20N2O. The molecule has 1 fully saturated rings.